The van der Waals surface area contributed by atoms with Gasteiger partial charge in [0.05, 0.1) is 28.2 Å². The number of aromatic nitrogens is 1. The van der Waals surface area contributed by atoms with Crippen molar-refractivity contribution in [1.82, 2.24) is 4.57 Å². The molecule has 6 rings (SSSR count). The molecule has 1 aliphatic carbocycles. The first-order chi connectivity index (χ1) is 18.6. The Hall–Kier alpha value is -4.12. The van der Waals surface area contributed by atoms with Gasteiger partial charge in [0, 0.05) is 31.0 Å². The molecule has 12 heteroatoms. The van der Waals surface area contributed by atoms with Crippen LogP contribution in [0.2, 0.25) is 5.02 Å². The molecule has 1 saturated heterocycles. The van der Waals surface area contributed by atoms with E-state index in [0.29, 0.717) is 37.1 Å². The summed E-state index contributed by atoms with van der Waals surface area (Å²) in [6.07, 6.45) is 2.59. The Morgan fingerprint density at radius 3 is 2.59 bits per heavy atom. The normalized spacial score (nSPS) is 19.1. The molecule has 0 spiro atoms. The van der Waals surface area contributed by atoms with Crippen LogP contribution in [0, 0.1) is 5.82 Å². The number of carbonyl (C=O) groups excluding carboxylic acids is 2. The Morgan fingerprint density at radius 2 is 1.92 bits per heavy atom. The number of primary amides is 1. The van der Waals surface area contributed by atoms with Crippen LogP contribution in [0.15, 0.2) is 35.3 Å². The first kappa shape index (κ1) is 25.2. The lowest BCUT2D eigenvalue weighted by atomic mass is 10.0. The second-order valence-corrected chi connectivity index (χ2v) is 10.5. The number of amides is 2. The molecule has 10 nitrogen and oxygen atoms in total. The molecule has 2 fully saturated rings. The summed E-state index contributed by atoms with van der Waals surface area (Å²) in [5, 5.41) is 9.53. The number of carboxylic acids is 1. The fourth-order valence-electron chi connectivity index (χ4n) is 5.44. The fourth-order valence-corrected chi connectivity index (χ4v) is 5.85. The number of nitrogens with zero attached hydrogens (tertiary/aromatic N) is 3. The predicted molar refractivity (Wildman–Crippen MR) is 141 cm³/mol. The van der Waals surface area contributed by atoms with Crippen LogP contribution in [-0.4, -0.2) is 46.8 Å². The van der Waals surface area contributed by atoms with Crippen molar-refractivity contribution in [2.75, 3.05) is 22.9 Å². The molecular weight excluding hydrogens is 531 g/mol. The summed E-state index contributed by atoms with van der Waals surface area (Å²) in [6, 6.07) is 6.54. The zero-order valence-electron chi connectivity index (χ0n) is 20.7. The standard InChI is InChI=1S/C27H24ClFN4O6/c28-21-22-17(24(34)18(26(36)37)11-32(22)15-5-6-15)9-19(29)23(21)31-7-1-2-13-8-16(4-3-14(13)10-31)33-12-20(25(30)35)39-27(33)38/h3-4,8-9,11,15,20H,1-2,5-7,10,12H2,(H2,30,35)(H,36,37)/t20-/m1/s1. The highest BCUT2D eigenvalue weighted by molar-refractivity contribution is 6.38. The molecule has 0 unspecified atom stereocenters. The summed E-state index contributed by atoms with van der Waals surface area (Å²) in [4.78, 5) is 51.5. The number of fused-ring (bicyclic) bond motifs is 2. The minimum absolute atomic E-state index is 0.00303. The molecule has 1 aromatic heterocycles. The number of cyclic esters (lactones) is 1. The van der Waals surface area contributed by atoms with Gasteiger partial charge in [-0.2, -0.15) is 0 Å². The Labute approximate surface area is 226 Å². The number of carbonyl (C=O) groups is 3. The molecule has 1 atom stereocenters. The van der Waals surface area contributed by atoms with Crippen LogP contribution in [0.3, 0.4) is 0 Å². The second kappa shape index (κ2) is 9.26. The highest BCUT2D eigenvalue weighted by Gasteiger charge is 2.36. The molecule has 2 amide bonds. The van der Waals surface area contributed by atoms with Gasteiger partial charge in [0.2, 0.25) is 5.43 Å². The highest BCUT2D eigenvalue weighted by Crippen LogP contribution is 2.43. The van der Waals surface area contributed by atoms with Gasteiger partial charge < -0.3 is 25.0 Å². The first-order valence-corrected chi connectivity index (χ1v) is 13.0. The second-order valence-electron chi connectivity index (χ2n) is 10.1. The minimum atomic E-state index is -1.37. The van der Waals surface area contributed by atoms with Gasteiger partial charge in [-0.3, -0.25) is 14.5 Å². The summed E-state index contributed by atoms with van der Waals surface area (Å²) in [5.41, 5.74) is 7.04. The van der Waals surface area contributed by atoms with Gasteiger partial charge in [-0.05, 0) is 55.0 Å². The Bertz CT molecular complexity index is 1630. The number of aryl methyl sites for hydroxylation is 1. The average Bonchev–Trinajstić information content (AvgIpc) is 3.68. The maximum absolute atomic E-state index is 15.6. The summed E-state index contributed by atoms with van der Waals surface area (Å²) < 4.78 is 22.4. The lowest BCUT2D eigenvalue weighted by Gasteiger charge is -2.26. The molecule has 3 heterocycles. The van der Waals surface area contributed by atoms with Crippen LogP contribution in [0.1, 0.15) is 46.8 Å². The van der Waals surface area contributed by atoms with E-state index in [-0.39, 0.29) is 28.7 Å². The van der Waals surface area contributed by atoms with Gasteiger partial charge in [-0.25, -0.2) is 14.0 Å². The molecule has 3 N–H and O–H groups in total. The van der Waals surface area contributed by atoms with E-state index in [4.69, 9.17) is 22.1 Å². The maximum Gasteiger partial charge on any atom is 0.415 e. The molecule has 2 aliphatic heterocycles. The fraction of sp³-hybridized carbons (Fsp3) is 0.333. The third kappa shape index (κ3) is 4.26. The van der Waals surface area contributed by atoms with E-state index in [9.17, 15) is 24.3 Å². The van der Waals surface area contributed by atoms with Crippen molar-refractivity contribution in [2.24, 2.45) is 5.73 Å². The van der Waals surface area contributed by atoms with E-state index in [1.165, 1.54) is 11.1 Å². The van der Waals surface area contributed by atoms with Crippen LogP contribution < -0.4 is 21.0 Å². The van der Waals surface area contributed by atoms with Crippen LogP contribution in [0.4, 0.5) is 20.6 Å². The number of pyridine rings is 1. The number of carboxylic acid groups (broad SMARTS) is 1. The molecule has 0 bridgehead atoms. The van der Waals surface area contributed by atoms with E-state index < -0.39 is 40.9 Å². The van der Waals surface area contributed by atoms with Gasteiger partial charge in [0.1, 0.15) is 11.4 Å². The van der Waals surface area contributed by atoms with Crippen molar-refractivity contribution in [1.29, 1.82) is 0 Å². The van der Waals surface area contributed by atoms with Crippen LogP contribution in [0.5, 0.6) is 0 Å². The SMILES string of the molecule is NC(=O)[C@H]1CN(c2ccc3c(c2)CCCN(c2c(F)cc4c(=O)c(C(=O)O)cn(C5CC5)c4c2Cl)C3)C(=O)O1. The van der Waals surface area contributed by atoms with Gasteiger partial charge >= 0.3 is 12.1 Å². The number of hydrogen-bond donors (Lipinski definition) is 2. The molecule has 202 valence electrons. The zero-order valence-corrected chi connectivity index (χ0v) is 21.4. The molecule has 39 heavy (non-hydrogen) atoms. The maximum atomic E-state index is 15.6. The number of anilines is 2. The van der Waals surface area contributed by atoms with E-state index >= 15 is 4.39 Å². The summed E-state index contributed by atoms with van der Waals surface area (Å²) >= 11 is 6.82. The van der Waals surface area contributed by atoms with Crippen LogP contribution in [-0.2, 0) is 22.5 Å². The number of hydrogen-bond acceptors (Lipinski definition) is 6. The van der Waals surface area contributed by atoms with Gasteiger partial charge in [0.15, 0.2) is 6.10 Å². The van der Waals surface area contributed by atoms with Gasteiger partial charge in [-0.1, -0.05) is 17.7 Å². The number of benzene rings is 2. The van der Waals surface area contributed by atoms with Crippen molar-refractivity contribution >= 4 is 51.8 Å². The molecule has 1 saturated carbocycles. The zero-order chi connectivity index (χ0) is 27.6. The van der Waals surface area contributed by atoms with Crippen molar-refractivity contribution in [3.05, 3.63) is 68.2 Å². The Kier molecular flexibility index (Phi) is 5.98. The van der Waals surface area contributed by atoms with Gasteiger partial charge in [-0.15, -0.1) is 0 Å². The van der Waals surface area contributed by atoms with Gasteiger partial charge in [0.25, 0.3) is 5.91 Å². The van der Waals surface area contributed by atoms with E-state index in [0.717, 1.165) is 30.0 Å². The van der Waals surface area contributed by atoms with Crippen LogP contribution in [0.25, 0.3) is 10.9 Å². The lowest BCUT2D eigenvalue weighted by molar-refractivity contribution is -0.124. The Balaban J connectivity index is 1.38. The summed E-state index contributed by atoms with van der Waals surface area (Å²) in [5.74, 6) is -2.78. The first-order valence-electron chi connectivity index (χ1n) is 12.6. The number of ether oxygens (including phenoxy) is 1. The molecule has 3 aromatic rings. The third-order valence-electron chi connectivity index (χ3n) is 7.54. The molecule has 2 aromatic carbocycles. The van der Waals surface area contributed by atoms with E-state index in [1.54, 1.807) is 10.6 Å². The monoisotopic (exact) mass is 554 g/mol. The number of nitrogens with two attached hydrogens (primary N) is 1. The number of rotatable bonds is 5. The minimum Gasteiger partial charge on any atom is -0.477 e. The van der Waals surface area contributed by atoms with E-state index in [1.807, 2.05) is 17.0 Å². The largest absolute Gasteiger partial charge is 0.477 e. The topological polar surface area (TPSA) is 135 Å². The quantitative estimate of drug-likeness (QED) is 0.492. The summed E-state index contributed by atoms with van der Waals surface area (Å²) in [7, 11) is 0. The number of aromatic carboxylic acids is 1. The van der Waals surface area contributed by atoms with Crippen molar-refractivity contribution in [3.8, 4) is 0 Å². The lowest BCUT2D eigenvalue weighted by Crippen LogP contribution is -2.32. The van der Waals surface area contributed by atoms with Crippen molar-refractivity contribution in [2.45, 2.75) is 44.4 Å². The average molecular weight is 555 g/mol. The van der Waals surface area contributed by atoms with E-state index in [2.05, 4.69) is 0 Å². The molecule has 0 radical (unpaired) electrons. The third-order valence-corrected chi connectivity index (χ3v) is 7.89. The Morgan fingerprint density at radius 1 is 1.15 bits per heavy atom. The number of halogens is 2. The van der Waals surface area contributed by atoms with Crippen LogP contribution >= 0.6 is 11.6 Å². The predicted octanol–water partition coefficient (Wildman–Crippen LogP) is 3.59. The smallest absolute Gasteiger partial charge is 0.415 e. The summed E-state index contributed by atoms with van der Waals surface area (Å²) in [6.45, 7) is 0.832. The molecular formula is C27H24ClFN4O6. The highest BCUT2D eigenvalue weighted by atomic mass is 35.5. The molecule has 3 aliphatic rings. The van der Waals surface area contributed by atoms with Crippen molar-refractivity contribution in [3.63, 3.8) is 0 Å². The van der Waals surface area contributed by atoms with Crippen molar-refractivity contribution < 1.29 is 28.6 Å².